The maximum atomic E-state index is 13.4. The highest BCUT2D eigenvalue weighted by Crippen LogP contribution is 2.23. The first kappa shape index (κ1) is 25.3. The molecule has 0 unspecified atom stereocenters. The molecule has 3 aromatic carbocycles. The SMILES string of the molecule is Cc1cc(C(=O)Cc2ccc(-c3ccc(S(=O)(=O)N[C@H](C(=O)O)C(C)C)cc3)cc2)ccc1F. The third-order valence-electron chi connectivity index (χ3n) is 5.51. The van der Waals surface area contributed by atoms with Crippen LogP contribution in [0.25, 0.3) is 11.1 Å². The smallest absolute Gasteiger partial charge is 0.322 e. The van der Waals surface area contributed by atoms with Crippen molar-refractivity contribution in [1.29, 1.82) is 0 Å². The lowest BCUT2D eigenvalue weighted by Gasteiger charge is -2.18. The second-order valence-electron chi connectivity index (χ2n) is 8.47. The van der Waals surface area contributed by atoms with Crippen molar-refractivity contribution in [2.24, 2.45) is 5.92 Å². The number of nitrogens with one attached hydrogen (secondary N) is 1. The minimum atomic E-state index is -3.99. The first-order chi connectivity index (χ1) is 16.0. The zero-order valence-corrected chi connectivity index (χ0v) is 19.9. The predicted molar refractivity (Wildman–Crippen MR) is 128 cm³/mol. The maximum absolute atomic E-state index is 13.4. The van der Waals surface area contributed by atoms with E-state index in [1.807, 2.05) is 24.3 Å². The first-order valence-corrected chi connectivity index (χ1v) is 12.2. The molecule has 0 aliphatic carbocycles. The summed E-state index contributed by atoms with van der Waals surface area (Å²) >= 11 is 0. The number of aryl methyl sites for hydroxylation is 1. The standard InChI is InChI=1S/C26H26FNO5S/c1-16(2)25(26(30)31)28-34(32,33)22-11-8-20(9-12-22)19-6-4-18(5-7-19)15-24(29)21-10-13-23(27)17(3)14-21/h4-14,16,25,28H,15H2,1-3H3,(H,30,31)/t25-/m0/s1. The topological polar surface area (TPSA) is 101 Å². The predicted octanol–water partition coefficient (Wildman–Crippen LogP) is 4.61. The number of aliphatic carboxylic acids is 1. The summed E-state index contributed by atoms with van der Waals surface area (Å²) in [7, 11) is -3.99. The summed E-state index contributed by atoms with van der Waals surface area (Å²) in [6.07, 6.45) is 0.175. The van der Waals surface area contributed by atoms with Crippen LogP contribution >= 0.6 is 0 Å². The normalized spacial score (nSPS) is 12.5. The number of benzene rings is 3. The average Bonchev–Trinajstić information content (AvgIpc) is 2.79. The number of rotatable bonds is 9. The number of carboxylic acid groups (broad SMARTS) is 1. The molecule has 0 fully saturated rings. The highest BCUT2D eigenvalue weighted by molar-refractivity contribution is 7.89. The Balaban J connectivity index is 1.72. The molecular formula is C26H26FNO5S. The molecule has 0 heterocycles. The lowest BCUT2D eigenvalue weighted by molar-refractivity contribution is -0.140. The van der Waals surface area contributed by atoms with Crippen LogP contribution in [0, 0.1) is 18.7 Å². The van der Waals surface area contributed by atoms with E-state index in [0.29, 0.717) is 11.1 Å². The molecule has 0 saturated carbocycles. The third-order valence-corrected chi connectivity index (χ3v) is 6.97. The van der Waals surface area contributed by atoms with E-state index >= 15 is 0 Å². The minimum absolute atomic E-state index is 0.0278. The van der Waals surface area contributed by atoms with Crippen molar-refractivity contribution in [3.63, 3.8) is 0 Å². The number of hydrogen-bond acceptors (Lipinski definition) is 4. The molecular weight excluding hydrogens is 457 g/mol. The van der Waals surface area contributed by atoms with Crippen molar-refractivity contribution < 1.29 is 27.5 Å². The van der Waals surface area contributed by atoms with E-state index in [4.69, 9.17) is 0 Å². The molecule has 0 bridgehead atoms. The molecule has 0 aliphatic heterocycles. The molecule has 6 nitrogen and oxygen atoms in total. The number of Topliss-reactive ketones (excluding diaryl/α,β-unsaturated/α-hetero) is 1. The summed E-state index contributed by atoms with van der Waals surface area (Å²) in [6.45, 7) is 4.87. The quantitative estimate of drug-likeness (QED) is 0.433. The molecule has 2 N–H and O–H groups in total. The Kier molecular flexibility index (Phi) is 7.64. The second-order valence-corrected chi connectivity index (χ2v) is 10.2. The monoisotopic (exact) mass is 483 g/mol. The van der Waals surface area contributed by atoms with Crippen molar-refractivity contribution in [1.82, 2.24) is 4.72 Å². The van der Waals surface area contributed by atoms with E-state index < -0.39 is 28.0 Å². The molecule has 1 atom stereocenters. The molecule has 8 heteroatoms. The van der Waals surface area contributed by atoms with Crippen LogP contribution in [0.1, 0.15) is 35.3 Å². The number of carbonyl (C=O) groups is 2. The Morgan fingerprint density at radius 1 is 0.941 bits per heavy atom. The minimum Gasteiger partial charge on any atom is -0.480 e. The van der Waals surface area contributed by atoms with E-state index in [1.165, 1.54) is 30.3 Å². The van der Waals surface area contributed by atoms with Crippen LogP contribution in [0.15, 0.2) is 71.6 Å². The second kappa shape index (κ2) is 10.3. The molecule has 178 valence electrons. The number of ketones is 1. The number of carbonyl (C=O) groups excluding carboxylic acids is 1. The average molecular weight is 484 g/mol. The zero-order chi connectivity index (χ0) is 25.0. The Morgan fingerprint density at radius 3 is 2.00 bits per heavy atom. The lowest BCUT2D eigenvalue weighted by Crippen LogP contribution is -2.44. The van der Waals surface area contributed by atoms with Crippen molar-refractivity contribution in [2.45, 2.75) is 38.1 Å². The highest BCUT2D eigenvalue weighted by atomic mass is 32.2. The Hall–Kier alpha value is -3.36. The van der Waals surface area contributed by atoms with E-state index in [0.717, 1.165) is 16.7 Å². The van der Waals surface area contributed by atoms with Gasteiger partial charge in [0.1, 0.15) is 11.9 Å². The van der Waals surface area contributed by atoms with E-state index in [2.05, 4.69) is 4.72 Å². The van der Waals surface area contributed by atoms with Crippen molar-refractivity contribution in [3.8, 4) is 11.1 Å². The molecule has 0 saturated heterocycles. The van der Waals surface area contributed by atoms with Gasteiger partial charge >= 0.3 is 5.97 Å². The summed E-state index contributed by atoms with van der Waals surface area (Å²) in [4.78, 5) is 23.8. The molecule has 3 aromatic rings. The highest BCUT2D eigenvalue weighted by Gasteiger charge is 2.28. The summed E-state index contributed by atoms with van der Waals surface area (Å²) in [5.41, 5.74) is 3.27. The Labute approximate surface area is 198 Å². The number of hydrogen-bond donors (Lipinski definition) is 2. The van der Waals surface area contributed by atoms with Crippen molar-refractivity contribution >= 4 is 21.8 Å². The van der Waals surface area contributed by atoms with Crippen LogP contribution < -0.4 is 4.72 Å². The van der Waals surface area contributed by atoms with Gasteiger partial charge in [0, 0.05) is 12.0 Å². The van der Waals surface area contributed by atoms with Crippen LogP contribution in [0.5, 0.6) is 0 Å². The van der Waals surface area contributed by atoms with Gasteiger partial charge in [-0.1, -0.05) is 50.2 Å². The van der Waals surface area contributed by atoms with Crippen LogP contribution in [-0.4, -0.2) is 31.3 Å². The molecule has 0 aromatic heterocycles. The fourth-order valence-electron chi connectivity index (χ4n) is 3.45. The van der Waals surface area contributed by atoms with Gasteiger partial charge in [0.05, 0.1) is 4.90 Å². The fourth-order valence-corrected chi connectivity index (χ4v) is 4.79. The zero-order valence-electron chi connectivity index (χ0n) is 19.1. The third kappa shape index (κ3) is 5.95. The van der Waals surface area contributed by atoms with Gasteiger partial charge in [-0.05, 0) is 65.4 Å². The van der Waals surface area contributed by atoms with E-state index in [1.54, 1.807) is 32.9 Å². The van der Waals surface area contributed by atoms with Gasteiger partial charge in [0.15, 0.2) is 5.78 Å². The maximum Gasteiger partial charge on any atom is 0.322 e. The van der Waals surface area contributed by atoms with Crippen LogP contribution in [0.3, 0.4) is 0 Å². The van der Waals surface area contributed by atoms with Crippen LogP contribution in [-0.2, 0) is 21.2 Å². The summed E-state index contributed by atoms with van der Waals surface area (Å²) in [5, 5.41) is 9.25. The Bertz CT molecular complexity index is 1300. The summed E-state index contributed by atoms with van der Waals surface area (Å²) < 4.78 is 40.8. The molecule has 0 radical (unpaired) electrons. The molecule has 0 aliphatic rings. The molecule has 0 amide bonds. The fraction of sp³-hybridized carbons (Fsp3) is 0.231. The van der Waals surface area contributed by atoms with Gasteiger partial charge in [0.2, 0.25) is 10.0 Å². The van der Waals surface area contributed by atoms with Crippen molar-refractivity contribution in [2.75, 3.05) is 0 Å². The number of carboxylic acids is 1. The molecule has 0 spiro atoms. The van der Waals surface area contributed by atoms with Gasteiger partial charge in [-0.25, -0.2) is 12.8 Å². The number of sulfonamides is 1. The van der Waals surface area contributed by atoms with E-state index in [-0.39, 0.29) is 22.9 Å². The largest absolute Gasteiger partial charge is 0.480 e. The first-order valence-electron chi connectivity index (χ1n) is 10.7. The molecule has 34 heavy (non-hydrogen) atoms. The van der Waals surface area contributed by atoms with Gasteiger partial charge in [0.25, 0.3) is 0 Å². The van der Waals surface area contributed by atoms with Gasteiger partial charge in [-0.3, -0.25) is 9.59 Å². The van der Waals surface area contributed by atoms with Crippen LogP contribution in [0.4, 0.5) is 4.39 Å². The van der Waals surface area contributed by atoms with Gasteiger partial charge < -0.3 is 5.11 Å². The van der Waals surface area contributed by atoms with Crippen molar-refractivity contribution in [3.05, 3.63) is 89.2 Å². The summed E-state index contributed by atoms with van der Waals surface area (Å²) in [5.74, 6) is -2.11. The van der Waals surface area contributed by atoms with Gasteiger partial charge in [-0.2, -0.15) is 4.72 Å². The van der Waals surface area contributed by atoms with Crippen LogP contribution in [0.2, 0.25) is 0 Å². The Morgan fingerprint density at radius 2 is 1.50 bits per heavy atom. The number of halogens is 1. The van der Waals surface area contributed by atoms with Gasteiger partial charge in [-0.15, -0.1) is 0 Å². The lowest BCUT2D eigenvalue weighted by atomic mass is 9.99. The molecule has 3 rings (SSSR count). The van der Waals surface area contributed by atoms with E-state index in [9.17, 15) is 27.5 Å². The summed E-state index contributed by atoms with van der Waals surface area (Å²) in [6, 6.07) is 16.5.